The molecule has 0 saturated heterocycles. The molecule has 0 aliphatic rings. The molecule has 3 nitrogen and oxygen atoms in total. The second kappa shape index (κ2) is 7.98. The predicted molar refractivity (Wildman–Crippen MR) is 45.6 cm³/mol. The van der Waals surface area contributed by atoms with Crippen molar-refractivity contribution in [3.8, 4) is 0 Å². The van der Waals surface area contributed by atoms with Crippen molar-refractivity contribution in [2.45, 2.75) is 13.8 Å². The van der Waals surface area contributed by atoms with Crippen LogP contribution in [0.4, 0.5) is 0 Å². The van der Waals surface area contributed by atoms with Gasteiger partial charge in [0.2, 0.25) is 0 Å². The number of hydrogen-bond donors (Lipinski definition) is 2. The van der Waals surface area contributed by atoms with E-state index in [9.17, 15) is 0 Å². The Morgan fingerprint density at radius 1 is 1.55 bits per heavy atom. The third kappa shape index (κ3) is 7.78. The van der Waals surface area contributed by atoms with Crippen LogP contribution in [0.5, 0.6) is 0 Å². The van der Waals surface area contributed by atoms with Crippen LogP contribution >= 0.6 is 0 Å². The van der Waals surface area contributed by atoms with Crippen LogP contribution in [0.25, 0.3) is 0 Å². The molecule has 1 atom stereocenters. The van der Waals surface area contributed by atoms with Gasteiger partial charge in [-0.25, -0.2) is 0 Å². The first-order valence-electron chi connectivity index (χ1n) is 4.20. The third-order valence-corrected chi connectivity index (χ3v) is 1.43. The van der Waals surface area contributed by atoms with Gasteiger partial charge in [-0.2, -0.15) is 0 Å². The minimum Gasteiger partial charge on any atom is -0.396 e. The van der Waals surface area contributed by atoms with E-state index < -0.39 is 0 Å². The summed E-state index contributed by atoms with van der Waals surface area (Å²) in [7, 11) is 0. The smallest absolute Gasteiger partial charge is 0.0590 e. The van der Waals surface area contributed by atoms with E-state index in [0.717, 1.165) is 26.3 Å². The highest BCUT2D eigenvalue weighted by molar-refractivity contribution is 4.53. The van der Waals surface area contributed by atoms with Crippen molar-refractivity contribution >= 4 is 0 Å². The fourth-order valence-electron chi connectivity index (χ4n) is 0.702. The Balaban J connectivity index is 2.89. The SMILES string of the molecule is CCOCCNCC(C)CO. The van der Waals surface area contributed by atoms with Gasteiger partial charge in [0.05, 0.1) is 6.61 Å². The lowest BCUT2D eigenvalue weighted by atomic mass is 10.2. The first-order valence-corrected chi connectivity index (χ1v) is 4.20. The highest BCUT2D eigenvalue weighted by Gasteiger charge is 1.96. The lowest BCUT2D eigenvalue weighted by molar-refractivity contribution is 0.146. The summed E-state index contributed by atoms with van der Waals surface area (Å²) in [6.07, 6.45) is 0. The van der Waals surface area contributed by atoms with Crippen LogP contribution in [0.15, 0.2) is 0 Å². The van der Waals surface area contributed by atoms with Crippen molar-refractivity contribution in [1.29, 1.82) is 0 Å². The van der Waals surface area contributed by atoms with Crippen LogP contribution in [-0.4, -0.2) is 38.0 Å². The van der Waals surface area contributed by atoms with Crippen LogP contribution in [0.2, 0.25) is 0 Å². The molecular formula is C8H19NO2. The Bertz CT molecular complexity index is 78.5. The maximum Gasteiger partial charge on any atom is 0.0590 e. The molecule has 0 fully saturated rings. The van der Waals surface area contributed by atoms with Crippen LogP contribution in [0.1, 0.15) is 13.8 Å². The Morgan fingerprint density at radius 2 is 2.27 bits per heavy atom. The van der Waals surface area contributed by atoms with Crippen molar-refractivity contribution in [2.24, 2.45) is 5.92 Å². The predicted octanol–water partition coefficient (Wildman–Crippen LogP) is 0.241. The van der Waals surface area contributed by atoms with Gasteiger partial charge in [0.15, 0.2) is 0 Å². The van der Waals surface area contributed by atoms with Gasteiger partial charge in [-0.05, 0) is 19.4 Å². The summed E-state index contributed by atoms with van der Waals surface area (Å²) in [5, 5.41) is 11.9. The summed E-state index contributed by atoms with van der Waals surface area (Å²) in [5.41, 5.74) is 0. The largest absolute Gasteiger partial charge is 0.396 e. The van der Waals surface area contributed by atoms with Gasteiger partial charge >= 0.3 is 0 Å². The van der Waals surface area contributed by atoms with E-state index in [0.29, 0.717) is 5.92 Å². The molecule has 0 heterocycles. The van der Waals surface area contributed by atoms with E-state index in [1.54, 1.807) is 0 Å². The molecule has 0 aliphatic carbocycles. The number of nitrogens with one attached hydrogen (secondary N) is 1. The maximum absolute atomic E-state index is 8.67. The molecule has 0 aliphatic heterocycles. The van der Waals surface area contributed by atoms with E-state index in [1.807, 2.05) is 13.8 Å². The van der Waals surface area contributed by atoms with Gasteiger partial charge in [-0.15, -0.1) is 0 Å². The van der Waals surface area contributed by atoms with Crippen molar-refractivity contribution in [3.05, 3.63) is 0 Å². The number of rotatable bonds is 7. The number of ether oxygens (including phenoxy) is 1. The normalized spacial score (nSPS) is 13.4. The highest BCUT2D eigenvalue weighted by Crippen LogP contribution is 1.87. The summed E-state index contributed by atoms with van der Waals surface area (Å²) in [4.78, 5) is 0. The molecule has 0 rings (SSSR count). The highest BCUT2D eigenvalue weighted by atomic mass is 16.5. The number of hydrogen-bond acceptors (Lipinski definition) is 3. The van der Waals surface area contributed by atoms with Crippen LogP contribution < -0.4 is 5.32 Å². The second-order valence-electron chi connectivity index (χ2n) is 2.69. The minimum absolute atomic E-state index is 0.252. The molecule has 1 unspecified atom stereocenters. The average molecular weight is 161 g/mol. The molecule has 0 aromatic heterocycles. The summed E-state index contributed by atoms with van der Waals surface area (Å²) in [6.45, 7) is 7.51. The molecule has 68 valence electrons. The molecule has 2 N–H and O–H groups in total. The number of aliphatic hydroxyl groups is 1. The quantitative estimate of drug-likeness (QED) is 0.526. The van der Waals surface area contributed by atoms with Gasteiger partial charge in [-0.1, -0.05) is 6.92 Å². The van der Waals surface area contributed by atoms with Crippen LogP contribution in [0.3, 0.4) is 0 Å². The lowest BCUT2D eigenvalue weighted by Crippen LogP contribution is -2.26. The minimum atomic E-state index is 0.252. The van der Waals surface area contributed by atoms with Crippen molar-refractivity contribution in [3.63, 3.8) is 0 Å². The molecule has 0 amide bonds. The zero-order chi connectivity index (χ0) is 8.53. The molecule has 3 heteroatoms. The monoisotopic (exact) mass is 161 g/mol. The van der Waals surface area contributed by atoms with E-state index >= 15 is 0 Å². The third-order valence-electron chi connectivity index (χ3n) is 1.43. The van der Waals surface area contributed by atoms with Gasteiger partial charge in [-0.3, -0.25) is 0 Å². The zero-order valence-electron chi connectivity index (χ0n) is 7.47. The number of aliphatic hydroxyl groups excluding tert-OH is 1. The standard InChI is InChI=1S/C8H19NO2/c1-3-11-5-4-9-6-8(2)7-10/h8-10H,3-7H2,1-2H3. The zero-order valence-corrected chi connectivity index (χ0v) is 7.47. The molecule has 0 bridgehead atoms. The first-order chi connectivity index (χ1) is 5.31. The summed E-state index contributed by atoms with van der Waals surface area (Å²) in [6, 6.07) is 0. The van der Waals surface area contributed by atoms with Gasteiger partial charge in [0, 0.05) is 19.8 Å². The fourth-order valence-corrected chi connectivity index (χ4v) is 0.702. The molecule has 0 aromatic rings. The molecule has 0 saturated carbocycles. The second-order valence-corrected chi connectivity index (χ2v) is 2.69. The molecule has 0 aromatic carbocycles. The van der Waals surface area contributed by atoms with E-state index in [4.69, 9.17) is 9.84 Å². The van der Waals surface area contributed by atoms with Gasteiger partial charge in [0.25, 0.3) is 0 Å². The molecule has 0 spiro atoms. The van der Waals surface area contributed by atoms with Crippen LogP contribution in [-0.2, 0) is 4.74 Å². The fraction of sp³-hybridized carbons (Fsp3) is 1.00. The van der Waals surface area contributed by atoms with Crippen molar-refractivity contribution < 1.29 is 9.84 Å². The summed E-state index contributed by atoms with van der Waals surface area (Å²) < 4.78 is 5.12. The van der Waals surface area contributed by atoms with Crippen LogP contribution in [0, 0.1) is 5.92 Å². The van der Waals surface area contributed by atoms with E-state index in [-0.39, 0.29) is 6.61 Å². The first kappa shape index (κ1) is 10.9. The van der Waals surface area contributed by atoms with Gasteiger partial charge < -0.3 is 15.2 Å². The molecule has 11 heavy (non-hydrogen) atoms. The maximum atomic E-state index is 8.67. The topological polar surface area (TPSA) is 41.5 Å². The Kier molecular flexibility index (Phi) is 7.89. The Labute approximate surface area is 68.8 Å². The Morgan fingerprint density at radius 3 is 2.82 bits per heavy atom. The average Bonchev–Trinajstić information content (AvgIpc) is 2.04. The van der Waals surface area contributed by atoms with E-state index in [2.05, 4.69) is 5.32 Å². The van der Waals surface area contributed by atoms with E-state index in [1.165, 1.54) is 0 Å². The van der Waals surface area contributed by atoms with Crippen molar-refractivity contribution in [2.75, 3.05) is 32.9 Å². The molecule has 0 radical (unpaired) electrons. The van der Waals surface area contributed by atoms with Crippen molar-refractivity contribution in [1.82, 2.24) is 5.32 Å². The summed E-state index contributed by atoms with van der Waals surface area (Å²) >= 11 is 0. The Hall–Kier alpha value is -0.120. The van der Waals surface area contributed by atoms with Gasteiger partial charge in [0.1, 0.15) is 0 Å². The summed E-state index contributed by atoms with van der Waals surface area (Å²) in [5.74, 6) is 0.344. The molecular weight excluding hydrogens is 142 g/mol. The lowest BCUT2D eigenvalue weighted by Gasteiger charge is -2.08.